The maximum atomic E-state index is 6.87. The molecule has 0 spiro atoms. The third kappa shape index (κ3) is 6.75. The van der Waals surface area contributed by atoms with Crippen molar-refractivity contribution in [1.82, 2.24) is 14.1 Å². The van der Waals surface area contributed by atoms with E-state index in [1.807, 2.05) is 12.3 Å². The highest BCUT2D eigenvalue weighted by molar-refractivity contribution is 6.09. The van der Waals surface area contributed by atoms with Crippen molar-refractivity contribution in [2.75, 3.05) is 0 Å². The number of aromatic nitrogens is 4. The predicted octanol–water partition coefficient (Wildman–Crippen LogP) is 16.5. The zero-order valence-corrected chi connectivity index (χ0v) is 39.4. The molecule has 0 fully saturated rings. The lowest BCUT2D eigenvalue weighted by Gasteiger charge is -2.23. The molecule has 4 heterocycles. The molecule has 5 nitrogen and oxygen atoms in total. The van der Waals surface area contributed by atoms with Crippen LogP contribution in [-0.4, -0.2) is 14.1 Å². The van der Waals surface area contributed by atoms with Crippen molar-refractivity contribution in [1.29, 1.82) is 0 Å². The van der Waals surface area contributed by atoms with Gasteiger partial charge in [-0.15, -0.1) is 0 Å². The summed E-state index contributed by atoms with van der Waals surface area (Å²) in [5.74, 6) is 3.57. The van der Waals surface area contributed by atoms with E-state index in [2.05, 4.69) is 237 Å². The van der Waals surface area contributed by atoms with Crippen LogP contribution in [0.5, 0.6) is 11.5 Å². The molecule has 68 heavy (non-hydrogen) atoms. The van der Waals surface area contributed by atoms with Gasteiger partial charge in [0.05, 0.1) is 11.0 Å². The molecule has 0 saturated heterocycles. The van der Waals surface area contributed by atoms with Crippen LogP contribution in [0.3, 0.4) is 0 Å². The van der Waals surface area contributed by atoms with Crippen LogP contribution in [0, 0.1) is 0 Å². The van der Waals surface area contributed by atoms with E-state index in [4.69, 9.17) is 9.72 Å². The summed E-state index contributed by atoms with van der Waals surface area (Å²) in [4.78, 5) is 5.08. The van der Waals surface area contributed by atoms with Crippen molar-refractivity contribution in [2.24, 2.45) is 0 Å². The van der Waals surface area contributed by atoms with Crippen LogP contribution in [0.2, 0.25) is 0 Å². The van der Waals surface area contributed by atoms with Gasteiger partial charge in [0.1, 0.15) is 28.7 Å². The van der Waals surface area contributed by atoms with E-state index in [0.717, 1.165) is 56.1 Å². The van der Waals surface area contributed by atoms with Gasteiger partial charge in [-0.1, -0.05) is 151 Å². The smallest absolute Gasteiger partial charge is 0.255 e. The third-order valence-corrected chi connectivity index (χ3v) is 14.0. The molecule has 12 rings (SSSR count). The molecular formula is C63H53N4O+. The average Bonchev–Trinajstić information content (AvgIpc) is 3.93. The lowest BCUT2D eigenvalue weighted by atomic mass is 9.82. The second-order valence-electron chi connectivity index (χ2n) is 19.2. The number of nitrogens with zero attached hydrogens (tertiary/aromatic N) is 4. The summed E-state index contributed by atoms with van der Waals surface area (Å²) >= 11 is 0. The molecule has 5 heteroatoms. The summed E-state index contributed by atoms with van der Waals surface area (Å²) in [6.07, 6.45) is 4.21. The van der Waals surface area contributed by atoms with Crippen molar-refractivity contribution in [2.45, 2.75) is 59.3 Å². The summed E-state index contributed by atoms with van der Waals surface area (Å²) in [7, 11) is 0. The molecule has 330 valence electrons. The van der Waals surface area contributed by atoms with Gasteiger partial charge in [0, 0.05) is 40.2 Å². The minimum atomic E-state index is 0.367. The normalized spacial score (nSPS) is 12.1. The van der Waals surface area contributed by atoms with E-state index in [-0.39, 0.29) is 0 Å². The molecule has 11 aromatic rings. The van der Waals surface area contributed by atoms with Gasteiger partial charge < -0.3 is 4.74 Å². The van der Waals surface area contributed by atoms with Crippen LogP contribution in [0.1, 0.15) is 76.0 Å². The minimum Gasteiger partial charge on any atom is -0.457 e. The SMILES string of the molecule is CC(C)c1cc(C(C)C)c(-c2ccnc(-n3c4ccccc4c4ccc(Oc5cccc(-n6c[n+]7c8c(cccc86)-c6ccccc6-c6ccccc6-c6ccccc6-7)c5)cc43)c2)c(C(C)C)c1. The average molecular weight is 882 g/mol. The molecule has 0 N–H and O–H groups in total. The zero-order valence-electron chi connectivity index (χ0n) is 39.4. The topological polar surface area (TPSA) is 35.9 Å². The molecule has 1 aliphatic rings. The van der Waals surface area contributed by atoms with Gasteiger partial charge in [0.2, 0.25) is 0 Å². The first-order valence-corrected chi connectivity index (χ1v) is 24.0. The van der Waals surface area contributed by atoms with E-state index in [0.29, 0.717) is 17.8 Å². The second kappa shape index (κ2) is 16.4. The Bertz CT molecular complexity index is 3740. The standard InChI is InChI=1S/C63H53N4O/c1-39(2)43-33-55(40(3)4)62(56(34-43)41(5)6)42-31-32-64-61(35-42)67-58-27-14-12-24-52(58)53-30-29-46(37-60(53)67)68-45-18-15-17-44(36-45)65-38-66-57-26-13-11-23-51(57)49-21-9-7-19-47(49)48-20-8-10-22-50(48)54-25-16-28-59(65)63(54)66/h7-41H,1-6H3/q+1. The van der Waals surface area contributed by atoms with Gasteiger partial charge in [-0.2, -0.15) is 9.13 Å². The number of fused-ring (bicyclic) bond motifs is 10. The number of para-hydroxylation sites is 3. The van der Waals surface area contributed by atoms with Crippen molar-refractivity contribution in [3.8, 4) is 73.2 Å². The molecule has 8 aromatic carbocycles. The molecule has 0 aliphatic carbocycles. The van der Waals surface area contributed by atoms with Gasteiger partial charge >= 0.3 is 0 Å². The molecule has 0 amide bonds. The lowest BCUT2D eigenvalue weighted by Crippen LogP contribution is -2.30. The highest BCUT2D eigenvalue weighted by Crippen LogP contribution is 2.44. The van der Waals surface area contributed by atoms with Crippen molar-refractivity contribution in [3.05, 3.63) is 211 Å². The van der Waals surface area contributed by atoms with E-state index < -0.39 is 0 Å². The molecular weight excluding hydrogens is 829 g/mol. The van der Waals surface area contributed by atoms with Crippen LogP contribution in [0.25, 0.3) is 94.5 Å². The Balaban J connectivity index is 0.972. The monoisotopic (exact) mass is 881 g/mol. The Kier molecular flexibility index (Phi) is 9.98. The summed E-state index contributed by atoms with van der Waals surface area (Å²) in [6.45, 7) is 13.8. The number of imidazole rings is 1. The predicted molar refractivity (Wildman–Crippen MR) is 281 cm³/mol. The lowest BCUT2D eigenvalue weighted by molar-refractivity contribution is -0.566. The Morgan fingerprint density at radius 1 is 0.471 bits per heavy atom. The van der Waals surface area contributed by atoms with Crippen LogP contribution in [0.4, 0.5) is 0 Å². The number of hydrogen-bond donors (Lipinski definition) is 0. The summed E-state index contributed by atoms with van der Waals surface area (Å²) in [6, 6.07) is 65.9. The fourth-order valence-corrected chi connectivity index (χ4v) is 10.7. The minimum absolute atomic E-state index is 0.367. The number of hydrogen-bond acceptors (Lipinski definition) is 2. The van der Waals surface area contributed by atoms with E-state index in [9.17, 15) is 0 Å². The second-order valence-corrected chi connectivity index (χ2v) is 19.2. The number of ether oxygens (including phenoxy) is 1. The first-order chi connectivity index (χ1) is 33.2. The van der Waals surface area contributed by atoms with E-state index in [1.165, 1.54) is 66.6 Å². The molecule has 0 bridgehead atoms. The van der Waals surface area contributed by atoms with Crippen molar-refractivity contribution in [3.63, 3.8) is 0 Å². The van der Waals surface area contributed by atoms with Gasteiger partial charge in [-0.25, -0.2) is 4.98 Å². The highest BCUT2D eigenvalue weighted by Gasteiger charge is 2.29. The van der Waals surface area contributed by atoms with Gasteiger partial charge in [0.15, 0.2) is 11.0 Å². The number of benzene rings is 8. The first-order valence-electron chi connectivity index (χ1n) is 24.0. The maximum absolute atomic E-state index is 6.87. The van der Waals surface area contributed by atoms with Crippen LogP contribution < -0.4 is 9.30 Å². The van der Waals surface area contributed by atoms with Gasteiger partial charge in [-0.3, -0.25) is 4.57 Å². The van der Waals surface area contributed by atoms with E-state index in [1.54, 1.807) is 0 Å². The quantitative estimate of drug-likeness (QED) is 0.143. The molecule has 3 aromatic heterocycles. The molecule has 0 saturated carbocycles. The number of rotatable bonds is 8. The van der Waals surface area contributed by atoms with Gasteiger partial charge in [0.25, 0.3) is 6.33 Å². The fraction of sp³-hybridized carbons (Fsp3) is 0.143. The fourth-order valence-electron chi connectivity index (χ4n) is 10.7. The Hall–Kier alpha value is -8.02. The summed E-state index contributed by atoms with van der Waals surface area (Å²) in [5, 5.41) is 2.33. The first kappa shape index (κ1) is 41.4. The van der Waals surface area contributed by atoms with Crippen molar-refractivity contribution < 1.29 is 9.30 Å². The molecule has 1 aliphatic heterocycles. The third-order valence-electron chi connectivity index (χ3n) is 14.0. The van der Waals surface area contributed by atoms with Crippen LogP contribution >= 0.6 is 0 Å². The summed E-state index contributed by atoms with van der Waals surface area (Å²) in [5.41, 5.74) is 20.5. The molecule has 0 unspecified atom stereocenters. The Morgan fingerprint density at radius 2 is 1.06 bits per heavy atom. The molecule has 0 radical (unpaired) electrons. The van der Waals surface area contributed by atoms with Crippen LogP contribution in [-0.2, 0) is 0 Å². The maximum Gasteiger partial charge on any atom is 0.255 e. The largest absolute Gasteiger partial charge is 0.457 e. The van der Waals surface area contributed by atoms with Crippen LogP contribution in [0.15, 0.2) is 195 Å². The Morgan fingerprint density at radius 3 is 1.78 bits per heavy atom. The zero-order chi connectivity index (χ0) is 46.2. The van der Waals surface area contributed by atoms with Gasteiger partial charge in [-0.05, 0) is 128 Å². The van der Waals surface area contributed by atoms with E-state index >= 15 is 0 Å². The van der Waals surface area contributed by atoms with Crippen molar-refractivity contribution >= 4 is 32.8 Å². The Labute approximate surface area is 398 Å². The summed E-state index contributed by atoms with van der Waals surface area (Å²) < 4.78 is 13.8. The molecule has 0 atom stereocenters. The highest BCUT2D eigenvalue weighted by atomic mass is 16.5. The number of pyridine rings is 1.